The highest BCUT2D eigenvalue weighted by molar-refractivity contribution is 6.52. The number of para-hydroxylation sites is 1. The SMILES string of the molecule is Cc1ccc2c(c1)CCN2/C=C(/C(=O)C(=O)Oc1ccccc1)c1ccccc1. The summed E-state index contributed by atoms with van der Waals surface area (Å²) < 4.78 is 5.28. The fourth-order valence-corrected chi connectivity index (χ4v) is 3.48. The maximum Gasteiger partial charge on any atom is 0.385 e. The van der Waals surface area contributed by atoms with Gasteiger partial charge in [-0.3, -0.25) is 4.79 Å². The molecule has 1 aliphatic heterocycles. The van der Waals surface area contributed by atoms with Gasteiger partial charge in [-0.05, 0) is 42.7 Å². The number of esters is 1. The number of benzene rings is 3. The van der Waals surface area contributed by atoms with Crippen LogP contribution in [0.3, 0.4) is 0 Å². The lowest BCUT2D eigenvalue weighted by atomic mass is 10.0. The number of carbonyl (C=O) groups excluding carboxylic acids is 2. The molecule has 0 aliphatic carbocycles. The van der Waals surface area contributed by atoms with Gasteiger partial charge in [0.1, 0.15) is 5.75 Å². The fraction of sp³-hybridized carbons (Fsp3) is 0.120. The highest BCUT2D eigenvalue weighted by Crippen LogP contribution is 2.31. The quantitative estimate of drug-likeness (QED) is 0.280. The van der Waals surface area contributed by atoms with Crippen LogP contribution >= 0.6 is 0 Å². The Hall–Kier alpha value is -3.66. The van der Waals surface area contributed by atoms with E-state index in [0.29, 0.717) is 16.9 Å². The van der Waals surface area contributed by atoms with Gasteiger partial charge >= 0.3 is 5.97 Å². The maximum absolute atomic E-state index is 13.0. The number of carbonyl (C=O) groups is 2. The first kappa shape index (κ1) is 18.7. The highest BCUT2D eigenvalue weighted by atomic mass is 16.5. The van der Waals surface area contributed by atoms with Crippen LogP contribution in [0.15, 0.2) is 85.1 Å². The van der Waals surface area contributed by atoms with E-state index >= 15 is 0 Å². The molecule has 29 heavy (non-hydrogen) atoms. The molecule has 0 unspecified atom stereocenters. The molecule has 0 N–H and O–H groups in total. The summed E-state index contributed by atoms with van der Waals surface area (Å²) in [5.74, 6) is -1.21. The Morgan fingerprint density at radius 2 is 1.62 bits per heavy atom. The maximum atomic E-state index is 13.0. The lowest BCUT2D eigenvalue weighted by Gasteiger charge is -2.17. The molecule has 1 heterocycles. The van der Waals surface area contributed by atoms with Gasteiger partial charge in [0.15, 0.2) is 0 Å². The average molecular weight is 383 g/mol. The summed E-state index contributed by atoms with van der Waals surface area (Å²) >= 11 is 0. The Morgan fingerprint density at radius 1 is 0.931 bits per heavy atom. The minimum Gasteiger partial charge on any atom is -0.421 e. The van der Waals surface area contributed by atoms with Gasteiger partial charge < -0.3 is 9.64 Å². The fourth-order valence-electron chi connectivity index (χ4n) is 3.48. The first-order chi connectivity index (χ1) is 14.1. The third kappa shape index (κ3) is 4.11. The molecule has 3 aromatic rings. The van der Waals surface area contributed by atoms with Crippen LogP contribution < -0.4 is 9.64 Å². The Morgan fingerprint density at radius 3 is 2.34 bits per heavy atom. The molecule has 0 spiro atoms. The molecule has 4 nitrogen and oxygen atoms in total. The normalized spacial score (nSPS) is 13.1. The summed E-state index contributed by atoms with van der Waals surface area (Å²) in [6, 6.07) is 24.1. The minimum atomic E-state index is -0.894. The molecule has 4 heteroatoms. The third-order valence-corrected chi connectivity index (χ3v) is 4.92. The Labute approximate surface area is 170 Å². The van der Waals surface area contributed by atoms with Gasteiger partial charge in [0.2, 0.25) is 0 Å². The largest absolute Gasteiger partial charge is 0.421 e. The molecule has 144 valence electrons. The van der Waals surface area contributed by atoms with Crippen LogP contribution in [0.4, 0.5) is 5.69 Å². The first-order valence-electron chi connectivity index (χ1n) is 9.57. The summed E-state index contributed by atoms with van der Waals surface area (Å²) in [4.78, 5) is 27.6. The molecule has 0 amide bonds. The average Bonchev–Trinajstić information content (AvgIpc) is 3.14. The molecule has 0 bridgehead atoms. The number of fused-ring (bicyclic) bond motifs is 1. The summed E-state index contributed by atoms with van der Waals surface area (Å²) in [6.07, 6.45) is 2.67. The van der Waals surface area contributed by atoms with Crippen molar-refractivity contribution in [1.82, 2.24) is 0 Å². The number of hydrogen-bond donors (Lipinski definition) is 0. The lowest BCUT2D eigenvalue weighted by molar-refractivity contribution is -0.144. The van der Waals surface area contributed by atoms with Crippen LogP contribution in [0.2, 0.25) is 0 Å². The molecule has 0 atom stereocenters. The van der Waals surface area contributed by atoms with Gasteiger partial charge in [0.05, 0.1) is 5.57 Å². The molecule has 0 fully saturated rings. The number of ketones is 1. The zero-order valence-corrected chi connectivity index (χ0v) is 16.2. The number of aryl methyl sites for hydroxylation is 1. The van der Waals surface area contributed by atoms with Crippen LogP contribution in [-0.2, 0) is 16.0 Å². The number of ether oxygens (including phenoxy) is 1. The van der Waals surface area contributed by atoms with E-state index in [1.807, 2.05) is 41.3 Å². The monoisotopic (exact) mass is 383 g/mol. The van der Waals surface area contributed by atoms with Crippen molar-refractivity contribution in [3.8, 4) is 5.75 Å². The molecule has 0 aromatic heterocycles. The van der Waals surface area contributed by atoms with Gasteiger partial charge in [0, 0.05) is 18.4 Å². The van der Waals surface area contributed by atoms with Gasteiger partial charge in [-0.15, -0.1) is 0 Å². The van der Waals surface area contributed by atoms with Crippen LogP contribution in [0.25, 0.3) is 5.57 Å². The van der Waals surface area contributed by atoms with Gasteiger partial charge in [-0.25, -0.2) is 4.79 Å². The highest BCUT2D eigenvalue weighted by Gasteiger charge is 2.26. The van der Waals surface area contributed by atoms with Crippen LogP contribution in [0.1, 0.15) is 16.7 Å². The predicted molar refractivity (Wildman–Crippen MR) is 114 cm³/mol. The smallest absolute Gasteiger partial charge is 0.385 e. The van der Waals surface area contributed by atoms with Crippen molar-refractivity contribution < 1.29 is 14.3 Å². The molecule has 4 rings (SSSR count). The van der Waals surface area contributed by atoms with E-state index in [4.69, 9.17) is 4.74 Å². The first-order valence-corrected chi connectivity index (χ1v) is 9.57. The summed E-state index contributed by atoms with van der Waals surface area (Å²) in [5, 5.41) is 0. The number of Topliss-reactive ketones (excluding diaryl/α,β-unsaturated/α-hetero) is 1. The van der Waals surface area contributed by atoms with Crippen molar-refractivity contribution >= 4 is 23.0 Å². The zero-order chi connectivity index (χ0) is 20.2. The Balaban J connectivity index is 1.67. The predicted octanol–water partition coefficient (Wildman–Crippen LogP) is 4.57. The van der Waals surface area contributed by atoms with E-state index in [9.17, 15) is 9.59 Å². The molecular weight excluding hydrogens is 362 g/mol. The van der Waals surface area contributed by atoms with Crippen molar-refractivity contribution in [3.63, 3.8) is 0 Å². The van der Waals surface area contributed by atoms with Crippen molar-refractivity contribution in [1.29, 1.82) is 0 Å². The third-order valence-electron chi connectivity index (χ3n) is 4.92. The van der Waals surface area contributed by atoms with E-state index < -0.39 is 11.8 Å². The minimum absolute atomic E-state index is 0.319. The Bertz CT molecular complexity index is 1070. The lowest BCUT2D eigenvalue weighted by Crippen LogP contribution is -2.24. The van der Waals surface area contributed by atoms with Crippen LogP contribution in [0, 0.1) is 6.92 Å². The van der Waals surface area contributed by atoms with Crippen molar-refractivity contribution in [2.24, 2.45) is 0 Å². The second kappa shape index (κ2) is 8.15. The van der Waals surface area contributed by atoms with E-state index in [2.05, 4.69) is 25.1 Å². The van der Waals surface area contributed by atoms with Crippen LogP contribution in [-0.4, -0.2) is 18.3 Å². The van der Waals surface area contributed by atoms with Gasteiger partial charge in [0.25, 0.3) is 5.78 Å². The number of nitrogens with zero attached hydrogens (tertiary/aromatic N) is 1. The topological polar surface area (TPSA) is 46.6 Å². The second-order valence-corrected chi connectivity index (χ2v) is 7.02. The van der Waals surface area contributed by atoms with E-state index in [0.717, 1.165) is 18.7 Å². The van der Waals surface area contributed by atoms with Crippen molar-refractivity contribution in [2.45, 2.75) is 13.3 Å². The number of rotatable bonds is 5. The zero-order valence-electron chi connectivity index (χ0n) is 16.2. The standard InChI is InChI=1S/C25H21NO3/c1-18-12-13-23-20(16-18)14-15-26(23)17-22(19-8-4-2-5-9-19)24(27)25(28)29-21-10-6-3-7-11-21/h2-13,16-17H,14-15H2,1H3/b22-17+. The second-order valence-electron chi connectivity index (χ2n) is 7.02. The van der Waals surface area contributed by atoms with Crippen LogP contribution in [0.5, 0.6) is 5.75 Å². The van der Waals surface area contributed by atoms with E-state index in [1.165, 1.54) is 11.1 Å². The number of anilines is 1. The molecule has 0 radical (unpaired) electrons. The van der Waals surface area contributed by atoms with Crippen molar-refractivity contribution in [3.05, 3.63) is 102 Å². The van der Waals surface area contributed by atoms with Crippen molar-refractivity contribution in [2.75, 3.05) is 11.4 Å². The van der Waals surface area contributed by atoms with E-state index in [-0.39, 0.29) is 0 Å². The Kier molecular flexibility index (Phi) is 5.25. The summed E-state index contributed by atoms with van der Waals surface area (Å²) in [5.41, 5.74) is 4.52. The summed E-state index contributed by atoms with van der Waals surface area (Å²) in [6.45, 7) is 2.83. The summed E-state index contributed by atoms with van der Waals surface area (Å²) in [7, 11) is 0. The van der Waals surface area contributed by atoms with E-state index in [1.54, 1.807) is 30.5 Å². The molecular formula is C25H21NO3. The molecule has 1 aliphatic rings. The molecule has 0 saturated heterocycles. The molecule has 0 saturated carbocycles. The number of hydrogen-bond acceptors (Lipinski definition) is 4. The van der Waals surface area contributed by atoms with Gasteiger partial charge in [-0.1, -0.05) is 66.2 Å². The molecule has 3 aromatic carbocycles. The van der Waals surface area contributed by atoms with Gasteiger partial charge in [-0.2, -0.15) is 0 Å².